The number of hydrogen-bond donors (Lipinski definition) is 0. The van der Waals surface area contributed by atoms with Crippen molar-refractivity contribution in [3.8, 4) is 45.6 Å². The lowest BCUT2D eigenvalue weighted by Crippen LogP contribution is -2.12. The summed E-state index contributed by atoms with van der Waals surface area (Å²) in [5.41, 5.74) is 0.737. The summed E-state index contributed by atoms with van der Waals surface area (Å²) in [5.74, 6) is 1.74. The van der Waals surface area contributed by atoms with Gasteiger partial charge in [0.25, 0.3) is 0 Å². The van der Waals surface area contributed by atoms with Gasteiger partial charge in [-0.3, -0.25) is 9.13 Å². The molecular weight excluding hydrogens is 406 g/mol. The van der Waals surface area contributed by atoms with Gasteiger partial charge in [-0.15, -0.1) is 0 Å². The van der Waals surface area contributed by atoms with Crippen LogP contribution in [0.5, 0.6) is 34.5 Å². The molecule has 0 atom stereocenters. The SMILES string of the molecule is COc1cc(P=O)c(-c2c(P=O)cc(OC)c(OC)c2OC)c(OC)c1OC. The van der Waals surface area contributed by atoms with Gasteiger partial charge in [-0.1, -0.05) is 0 Å². The molecule has 0 saturated heterocycles. The lowest BCUT2D eigenvalue weighted by atomic mass is 10.0. The molecule has 0 heterocycles. The average Bonchev–Trinajstić information content (AvgIpc) is 2.75. The normalized spacial score (nSPS) is 10.6. The van der Waals surface area contributed by atoms with Crippen molar-refractivity contribution in [1.82, 2.24) is 0 Å². The zero-order valence-corrected chi connectivity index (χ0v) is 18.1. The van der Waals surface area contributed by atoms with Crippen molar-refractivity contribution in [1.29, 1.82) is 0 Å². The third kappa shape index (κ3) is 3.58. The number of methoxy groups -OCH3 is 6. The number of ether oxygens (including phenoxy) is 6. The Balaban J connectivity index is 3.10. The molecule has 10 heteroatoms. The van der Waals surface area contributed by atoms with Crippen molar-refractivity contribution in [2.24, 2.45) is 0 Å². The third-order valence-corrected chi connectivity index (χ3v) is 5.16. The van der Waals surface area contributed by atoms with E-state index in [4.69, 9.17) is 28.4 Å². The van der Waals surface area contributed by atoms with Gasteiger partial charge in [0.1, 0.15) is 0 Å². The van der Waals surface area contributed by atoms with Crippen LogP contribution in [-0.4, -0.2) is 42.7 Å². The van der Waals surface area contributed by atoms with E-state index in [0.717, 1.165) is 0 Å². The second-order valence-electron chi connectivity index (χ2n) is 5.26. The minimum atomic E-state index is -0.312. The van der Waals surface area contributed by atoms with Gasteiger partial charge in [0.2, 0.25) is 11.5 Å². The highest BCUT2D eigenvalue weighted by Gasteiger charge is 2.30. The molecule has 28 heavy (non-hydrogen) atoms. The maximum atomic E-state index is 12.0. The molecule has 0 aliphatic carbocycles. The highest BCUT2D eigenvalue weighted by Crippen LogP contribution is 2.50. The molecule has 150 valence electrons. The van der Waals surface area contributed by atoms with Crippen LogP contribution < -0.4 is 39.0 Å². The molecule has 0 bridgehead atoms. The predicted octanol–water partition coefficient (Wildman–Crippen LogP) is 3.24. The van der Waals surface area contributed by atoms with E-state index in [9.17, 15) is 9.13 Å². The smallest absolute Gasteiger partial charge is 0.203 e. The van der Waals surface area contributed by atoms with E-state index in [1.807, 2.05) is 0 Å². The standard InChI is InChI=1S/C18H20O8P2/c1-21-9-7-11(27-19)13(17(25-5)15(9)23-3)14-12(28-20)8-10(22-2)16(24-4)18(14)26-6/h7-8H,1-6H3. The molecular formula is C18H20O8P2. The molecule has 0 spiro atoms. The fraction of sp³-hybridized carbons (Fsp3) is 0.333. The van der Waals surface area contributed by atoms with Crippen LogP contribution in [0.15, 0.2) is 12.1 Å². The third-order valence-electron chi connectivity index (χ3n) is 4.07. The van der Waals surface area contributed by atoms with Crippen LogP contribution in [0, 0.1) is 0 Å². The lowest BCUT2D eigenvalue weighted by Gasteiger charge is -2.21. The maximum Gasteiger partial charge on any atom is 0.203 e. The quantitative estimate of drug-likeness (QED) is 0.565. The van der Waals surface area contributed by atoms with Gasteiger partial charge in [0.05, 0.1) is 53.3 Å². The zero-order valence-electron chi connectivity index (χ0n) is 16.3. The molecule has 0 saturated carbocycles. The minimum Gasteiger partial charge on any atom is -0.493 e. The highest BCUT2D eigenvalue weighted by molar-refractivity contribution is 7.35. The Hall–Kier alpha value is -2.56. The Bertz CT molecular complexity index is 825. The Morgan fingerprint density at radius 2 is 0.857 bits per heavy atom. The average molecular weight is 426 g/mol. The van der Waals surface area contributed by atoms with Crippen molar-refractivity contribution >= 4 is 27.5 Å². The Kier molecular flexibility index (Phi) is 7.44. The molecule has 0 aliphatic heterocycles. The molecule has 0 aliphatic rings. The van der Waals surface area contributed by atoms with Crippen LogP contribution in [0.25, 0.3) is 11.1 Å². The van der Waals surface area contributed by atoms with Crippen LogP contribution in [0.3, 0.4) is 0 Å². The van der Waals surface area contributed by atoms with E-state index in [-0.39, 0.29) is 39.9 Å². The summed E-state index contributed by atoms with van der Waals surface area (Å²) < 4.78 is 56.6. The summed E-state index contributed by atoms with van der Waals surface area (Å²) in [4.78, 5) is 0. The summed E-state index contributed by atoms with van der Waals surface area (Å²) in [6.07, 6.45) is 0. The van der Waals surface area contributed by atoms with E-state index >= 15 is 0 Å². The summed E-state index contributed by atoms with van der Waals surface area (Å²) in [6, 6.07) is 3.10. The lowest BCUT2D eigenvalue weighted by molar-refractivity contribution is 0.323. The monoisotopic (exact) mass is 426 g/mol. The molecule has 0 unspecified atom stereocenters. The molecule has 0 N–H and O–H groups in total. The first kappa shape index (κ1) is 21.7. The van der Waals surface area contributed by atoms with E-state index in [1.54, 1.807) is 12.1 Å². The highest BCUT2D eigenvalue weighted by atomic mass is 31.1. The summed E-state index contributed by atoms with van der Waals surface area (Å²) in [6.45, 7) is 0. The number of benzene rings is 2. The van der Waals surface area contributed by atoms with Gasteiger partial charge < -0.3 is 28.4 Å². The predicted molar refractivity (Wildman–Crippen MR) is 106 cm³/mol. The van der Waals surface area contributed by atoms with Crippen molar-refractivity contribution in [2.45, 2.75) is 0 Å². The number of rotatable bonds is 9. The molecule has 2 rings (SSSR count). The van der Waals surface area contributed by atoms with Gasteiger partial charge in [0.15, 0.2) is 39.9 Å². The maximum absolute atomic E-state index is 12.0. The van der Waals surface area contributed by atoms with Gasteiger partial charge in [-0.05, 0) is 12.1 Å². The summed E-state index contributed by atoms with van der Waals surface area (Å²) >= 11 is 0. The Morgan fingerprint density at radius 1 is 0.536 bits per heavy atom. The van der Waals surface area contributed by atoms with Gasteiger partial charge >= 0.3 is 0 Å². The molecule has 0 aromatic heterocycles. The van der Waals surface area contributed by atoms with Gasteiger partial charge in [-0.25, -0.2) is 0 Å². The first-order chi connectivity index (χ1) is 13.6. The van der Waals surface area contributed by atoms with E-state index in [2.05, 4.69) is 0 Å². The van der Waals surface area contributed by atoms with Crippen molar-refractivity contribution in [3.05, 3.63) is 12.1 Å². The van der Waals surface area contributed by atoms with Crippen molar-refractivity contribution in [2.75, 3.05) is 42.7 Å². The Labute approximate surface area is 166 Å². The van der Waals surface area contributed by atoms with Crippen molar-refractivity contribution in [3.63, 3.8) is 0 Å². The van der Waals surface area contributed by atoms with E-state index in [1.165, 1.54) is 42.7 Å². The fourth-order valence-electron chi connectivity index (χ4n) is 2.91. The molecule has 8 nitrogen and oxygen atoms in total. The van der Waals surface area contributed by atoms with Crippen LogP contribution >= 0.6 is 16.9 Å². The largest absolute Gasteiger partial charge is 0.493 e. The molecule has 2 aromatic rings. The number of hydrogen-bond acceptors (Lipinski definition) is 8. The molecule has 0 amide bonds. The Morgan fingerprint density at radius 3 is 1.07 bits per heavy atom. The first-order valence-electron chi connectivity index (χ1n) is 7.89. The molecule has 0 fully saturated rings. The van der Waals surface area contributed by atoms with Gasteiger partial charge in [-0.2, -0.15) is 0 Å². The molecule has 0 radical (unpaired) electrons. The minimum absolute atomic E-state index is 0.246. The first-order valence-corrected chi connectivity index (χ1v) is 9.52. The second kappa shape index (κ2) is 9.58. The summed E-state index contributed by atoms with van der Waals surface area (Å²) in [7, 11) is 8.08. The van der Waals surface area contributed by atoms with Gasteiger partial charge in [0, 0.05) is 11.1 Å². The zero-order chi connectivity index (χ0) is 20.8. The topological polar surface area (TPSA) is 89.5 Å². The summed E-state index contributed by atoms with van der Waals surface area (Å²) in [5, 5.41) is 0.648. The van der Waals surface area contributed by atoms with Crippen molar-refractivity contribution < 1.29 is 37.6 Å². The van der Waals surface area contributed by atoms with Crippen LogP contribution in [0.2, 0.25) is 0 Å². The van der Waals surface area contributed by atoms with E-state index < -0.39 is 0 Å². The van der Waals surface area contributed by atoms with Crippen LogP contribution in [0.1, 0.15) is 0 Å². The molecule has 2 aromatic carbocycles. The van der Waals surface area contributed by atoms with Crippen LogP contribution in [-0.2, 0) is 9.13 Å². The second-order valence-corrected chi connectivity index (χ2v) is 6.59. The van der Waals surface area contributed by atoms with E-state index in [0.29, 0.717) is 33.2 Å². The fourth-order valence-corrected chi connectivity index (χ4v) is 3.86. The van der Waals surface area contributed by atoms with Crippen LogP contribution in [0.4, 0.5) is 0 Å².